The molecule has 0 amide bonds. The first-order valence-electron chi connectivity index (χ1n) is 6.62. The molecule has 0 bridgehead atoms. The minimum Gasteiger partial charge on any atom is -0.309 e. The van der Waals surface area contributed by atoms with Crippen LogP contribution >= 0.6 is 11.8 Å². The Morgan fingerprint density at radius 2 is 1.94 bits per heavy atom. The molecule has 0 saturated heterocycles. The Morgan fingerprint density at radius 1 is 1.19 bits per heavy atom. The van der Waals surface area contributed by atoms with E-state index in [0.29, 0.717) is 12.1 Å². The highest BCUT2D eigenvalue weighted by atomic mass is 32.2. The number of hydrogen-bond acceptors (Lipinski definition) is 3. The number of thioether (sulfide) groups is 1. The number of nitriles is 1. The van der Waals surface area contributed by atoms with Gasteiger partial charge in [-0.1, -0.05) is 19.8 Å². The van der Waals surface area contributed by atoms with Crippen LogP contribution in [0.15, 0.2) is 0 Å². The minimum atomic E-state index is 0.271. The van der Waals surface area contributed by atoms with E-state index in [1.54, 1.807) is 0 Å². The van der Waals surface area contributed by atoms with Gasteiger partial charge in [0, 0.05) is 17.3 Å². The Hall–Kier alpha value is -0.200. The lowest BCUT2D eigenvalue weighted by Gasteiger charge is -2.25. The predicted molar refractivity (Wildman–Crippen MR) is 69.4 cm³/mol. The Balaban J connectivity index is 1.86. The van der Waals surface area contributed by atoms with E-state index in [4.69, 9.17) is 5.26 Å². The van der Waals surface area contributed by atoms with Crippen LogP contribution in [0.1, 0.15) is 45.4 Å². The van der Waals surface area contributed by atoms with Gasteiger partial charge in [-0.05, 0) is 31.4 Å². The van der Waals surface area contributed by atoms with E-state index in [9.17, 15) is 0 Å². The molecule has 90 valence electrons. The van der Waals surface area contributed by atoms with Gasteiger partial charge in [-0.15, -0.1) is 0 Å². The van der Waals surface area contributed by atoms with Crippen LogP contribution in [0, 0.1) is 17.2 Å². The fourth-order valence-electron chi connectivity index (χ4n) is 3.12. The number of rotatable bonds is 4. The molecule has 2 aliphatic rings. The first kappa shape index (κ1) is 12.3. The summed E-state index contributed by atoms with van der Waals surface area (Å²) < 4.78 is 0. The molecule has 2 aliphatic carbocycles. The van der Waals surface area contributed by atoms with Gasteiger partial charge in [-0.2, -0.15) is 17.0 Å². The summed E-state index contributed by atoms with van der Waals surface area (Å²) in [5, 5.41) is 13.7. The summed E-state index contributed by atoms with van der Waals surface area (Å²) in [6.45, 7) is 2.24. The third kappa shape index (κ3) is 2.73. The fourth-order valence-corrected chi connectivity index (χ4v) is 4.33. The largest absolute Gasteiger partial charge is 0.309 e. The van der Waals surface area contributed by atoms with Gasteiger partial charge in [-0.3, -0.25) is 0 Å². The Kier molecular flexibility index (Phi) is 4.55. The molecule has 2 fully saturated rings. The van der Waals surface area contributed by atoms with Crippen molar-refractivity contribution in [1.82, 2.24) is 5.32 Å². The zero-order valence-corrected chi connectivity index (χ0v) is 10.9. The average molecular weight is 238 g/mol. The average Bonchev–Trinajstić information content (AvgIpc) is 2.89. The van der Waals surface area contributed by atoms with Crippen molar-refractivity contribution < 1.29 is 0 Å². The molecule has 4 unspecified atom stereocenters. The van der Waals surface area contributed by atoms with Crippen molar-refractivity contribution in [2.24, 2.45) is 5.92 Å². The van der Waals surface area contributed by atoms with Crippen molar-refractivity contribution in [3.63, 3.8) is 0 Å². The van der Waals surface area contributed by atoms with Gasteiger partial charge in [0.2, 0.25) is 0 Å². The first-order valence-corrected chi connectivity index (χ1v) is 7.67. The molecule has 4 atom stereocenters. The molecule has 2 saturated carbocycles. The maximum atomic E-state index is 9.08. The maximum absolute atomic E-state index is 9.08. The minimum absolute atomic E-state index is 0.271. The van der Waals surface area contributed by atoms with Crippen molar-refractivity contribution in [3.8, 4) is 6.07 Å². The second-order valence-electron chi connectivity index (χ2n) is 4.97. The van der Waals surface area contributed by atoms with Crippen LogP contribution in [0.5, 0.6) is 0 Å². The van der Waals surface area contributed by atoms with Crippen molar-refractivity contribution in [2.75, 3.05) is 5.75 Å². The lowest BCUT2D eigenvalue weighted by molar-refractivity contribution is 0.402. The van der Waals surface area contributed by atoms with Crippen molar-refractivity contribution in [2.45, 2.75) is 62.8 Å². The summed E-state index contributed by atoms with van der Waals surface area (Å²) in [6.07, 6.45) is 7.57. The van der Waals surface area contributed by atoms with Crippen LogP contribution in [-0.4, -0.2) is 23.1 Å². The quantitative estimate of drug-likeness (QED) is 0.818. The van der Waals surface area contributed by atoms with Crippen LogP contribution < -0.4 is 5.32 Å². The normalized spacial score (nSPS) is 38.8. The lowest BCUT2D eigenvalue weighted by Crippen LogP contribution is -2.43. The molecular formula is C13H22N2S. The zero-order valence-electron chi connectivity index (χ0n) is 10.1. The summed E-state index contributed by atoms with van der Waals surface area (Å²) in [4.78, 5) is 0. The van der Waals surface area contributed by atoms with Crippen molar-refractivity contribution >= 4 is 11.8 Å². The van der Waals surface area contributed by atoms with Crippen molar-refractivity contribution in [1.29, 1.82) is 5.26 Å². The van der Waals surface area contributed by atoms with E-state index in [-0.39, 0.29) is 5.92 Å². The molecule has 2 rings (SSSR count). The third-order valence-electron chi connectivity index (χ3n) is 3.94. The van der Waals surface area contributed by atoms with Gasteiger partial charge in [0.25, 0.3) is 0 Å². The summed E-state index contributed by atoms with van der Waals surface area (Å²) in [5.41, 5.74) is 0. The second-order valence-corrected chi connectivity index (χ2v) is 6.49. The molecule has 0 heterocycles. The highest BCUT2D eigenvalue weighted by Gasteiger charge is 2.33. The summed E-state index contributed by atoms with van der Waals surface area (Å²) in [7, 11) is 0. The summed E-state index contributed by atoms with van der Waals surface area (Å²) in [6, 6.07) is 3.62. The molecule has 1 N–H and O–H groups in total. The van der Waals surface area contributed by atoms with Crippen LogP contribution in [0.3, 0.4) is 0 Å². The molecule has 0 radical (unpaired) electrons. The lowest BCUT2D eigenvalue weighted by atomic mass is 10.0. The summed E-state index contributed by atoms with van der Waals surface area (Å²) >= 11 is 2.09. The predicted octanol–water partition coefficient (Wildman–Crippen LogP) is 2.94. The molecule has 0 aromatic heterocycles. The number of nitrogens with one attached hydrogen (secondary N) is 1. The Labute approximate surface area is 103 Å². The molecule has 0 aliphatic heterocycles. The molecular weight excluding hydrogens is 216 g/mol. The van der Waals surface area contributed by atoms with E-state index < -0.39 is 0 Å². The molecule has 0 spiro atoms. The second kappa shape index (κ2) is 5.93. The van der Waals surface area contributed by atoms with E-state index in [1.807, 2.05) is 0 Å². The highest BCUT2D eigenvalue weighted by molar-refractivity contribution is 7.99. The fraction of sp³-hybridized carbons (Fsp3) is 0.923. The van der Waals surface area contributed by atoms with Gasteiger partial charge >= 0.3 is 0 Å². The maximum Gasteiger partial charge on any atom is 0.0672 e. The van der Waals surface area contributed by atoms with Crippen molar-refractivity contribution in [3.05, 3.63) is 0 Å². The standard InChI is InChI=1S/C13H22N2S/c1-2-16-13-8-4-7-12(13)15-11-6-3-5-10(11)9-14/h10-13,15H,2-8H2,1H3. The molecule has 16 heavy (non-hydrogen) atoms. The monoisotopic (exact) mass is 238 g/mol. The molecule has 2 nitrogen and oxygen atoms in total. The molecule has 0 aromatic carbocycles. The van der Waals surface area contributed by atoms with Gasteiger partial charge in [0.05, 0.1) is 12.0 Å². The molecule has 0 aromatic rings. The van der Waals surface area contributed by atoms with E-state index in [0.717, 1.165) is 11.7 Å². The highest BCUT2D eigenvalue weighted by Crippen LogP contribution is 2.33. The van der Waals surface area contributed by atoms with Crippen LogP contribution in [0.4, 0.5) is 0 Å². The number of nitrogens with zero attached hydrogens (tertiary/aromatic N) is 1. The zero-order chi connectivity index (χ0) is 11.4. The smallest absolute Gasteiger partial charge is 0.0672 e. The van der Waals surface area contributed by atoms with E-state index in [2.05, 4.69) is 30.1 Å². The Morgan fingerprint density at radius 3 is 2.69 bits per heavy atom. The van der Waals surface area contributed by atoms with Gasteiger partial charge in [0.15, 0.2) is 0 Å². The molecule has 3 heteroatoms. The van der Waals surface area contributed by atoms with Gasteiger partial charge in [-0.25, -0.2) is 0 Å². The number of hydrogen-bond donors (Lipinski definition) is 1. The van der Waals surface area contributed by atoms with E-state index in [1.165, 1.54) is 37.9 Å². The van der Waals surface area contributed by atoms with Crippen LogP contribution in [0.2, 0.25) is 0 Å². The topological polar surface area (TPSA) is 35.8 Å². The van der Waals surface area contributed by atoms with Gasteiger partial charge < -0.3 is 5.32 Å². The van der Waals surface area contributed by atoms with E-state index >= 15 is 0 Å². The Bertz CT molecular complexity index is 261. The summed E-state index contributed by atoms with van der Waals surface area (Å²) in [5.74, 6) is 1.49. The third-order valence-corrected chi connectivity index (χ3v) is 5.27. The first-order chi connectivity index (χ1) is 7.85. The van der Waals surface area contributed by atoms with Gasteiger partial charge in [0.1, 0.15) is 0 Å². The van der Waals surface area contributed by atoms with Crippen LogP contribution in [0.25, 0.3) is 0 Å². The SMILES string of the molecule is CCSC1CCCC1NC1CCCC1C#N. The van der Waals surface area contributed by atoms with Crippen LogP contribution in [-0.2, 0) is 0 Å².